The van der Waals surface area contributed by atoms with Crippen molar-refractivity contribution in [3.05, 3.63) is 29.6 Å². The molecule has 0 aliphatic heterocycles. The Bertz CT molecular complexity index is 575. The summed E-state index contributed by atoms with van der Waals surface area (Å²) >= 11 is 0. The number of fused-ring (bicyclic) bond motifs is 1. The first-order valence-electron chi connectivity index (χ1n) is 6.61. The first kappa shape index (κ1) is 12.6. The van der Waals surface area contributed by atoms with E-state index in [1.807, 2.05) is 25.2 Å². The van der Waals surface area contributed by atoms with Crippen LogP contribution in [0.25, 0.3) is 11.0 Å². The Morgan fingerprint density at radius 3 is 2.83 bits per heavy atom. The Labute approximate surface area is 108 Å². The van der Waals surface area contributed by atoms with Gasteiger partial charge in [0.25, 0.3) is 0 Å². The van der Waals surface area contributed by atoms with Crippen molar-refractivity contribution in [3.8, 4) is 6.07 Å². The van der Waals surface area contributed by atoms with Crippen molar-refractivity contribution in [2.75, 3.05) is 0 Å². The third-order valence-corrected chi connectivity index (χ3v) is 3.36. The van der Waals surface area contributed by atoms with Crippen molar-refractivity contribution in [2.45, 2.75) is 39.0 Å². The van der Waals surface area contributed by atoms with Crippen LogP contribution in [0.2, 0.25) is 0 Å². The van der Waals surface area contributed by atoms with Gasteiger partial charge in [-0.2, -0.15) is 5.26 Å². The molecule has 0 fully saturated rings. The summed E-state index contributed by atoms with van der Waals surface area (Å²) in [6.07, 6.45) is 6.03. The molecule has 0 atom stereocenters. The molecule has 0 saturated carbocycles. The smallest absolute Gasteiger partial charge is 0.109 e. The monoisotopic (exact) mass is 241 g/mol. The topological polar surface area (TPSA) is 41.6 Å². The fourth-order valence-corrected chi connectivity index (χ4v) is 2.24. The molecular formula is C15H19N3. The second kappa shape index (κ2) is 5.68. The SMILES string of the molecule is CCCCCCc1nc2ccc(C#N)cc2n1C. The van der Waals surface area contributed by atoms with Gasteiger partial charge in [0.15, 0.2) is 0 Å². The normalized spacial score (nSPS) is 10.7. The van der Waals surface area contributed by atoms with Crippen LogP contribution in [0.3, 0.4) is 0 Å². The molecule has 0 aliphatic carbocycles. The average molecular weight is 241 g/mol. The lowest BCUT2D eigenvalue weighted by atomic mass is 10.1. The zero-order chi connectivity index (χ0) is 13.0. The lowest BCUT2D eigenvalue weighted by Crippen LogP contribution is -1.98. The van der Waals surface area contributed by atoms with E-state index in [-0.39, 0.29) is 0 Å². The number of unbranched alkanes of at least 4 members (excludes halogenated alkanes) is 3. The summed E-state index contributed by atoms with van der Waals surface area (Å²) in [7, 11) is 2.03. The molecule has 0 saturated heterocycles. The summed E-state index contributed by atoms with van der Waals surface area (Å²) in [5.41, 5.74) is 2.74. The molecule has 0 radical (unpaired) electrons. The van der Waals surface area contributed by atoms with Crippen LogP contribution in [-0.4, -0.2) is 9.55 Å². The van der Waals surface area contributed by atoms with Gasteiger partial charge in [-0.1, -0.05) is 26.2 Å². The fourth-order valence-electron chi connectivity index (χ4n) is 2.24. The van der Waals surface area contributed by atoms with E-state index in [9.17, 15) is 0 Å². The summed E-state index contributed by atoms with van der Waals surface area (Å²) < 4.78 is 2.11. The molecule has 0 amide bonds. The molecule has 0 aliphatic rings. The Kier molecular flexibility index (Phi) is 3.99. The van der Waals surface area contributed by atoms with Gasteiger partial charge in [-0.15, -0.1) is 0 Å². The molecule has 1 aromatic carbocycles. The van der Waals surface area contributed by atoms with Crippen LogP contribution >= 0.6 is 0 Å². The van der Waals surface area contributed by atoms with Crippen molar-refractivity contribution < 1.29 is 0 Å². The Balaban J connectivity index is 2.20. The highest BCUT2D eigenvalue weighted by Gasteiger charge is 2.07. The van der Waals surface area contributed by atoms with Crippen molar-refractivity contribution in [1.29, 1.82) is 5.26 Å². The van der Waals surface area contributed by atoms with E-state index in [1.54, 1.807) is 0 Å². The number of benzene rings is 1. The van der Waals surface area contributed by atoms with Crippen LogP contribution in [-0.2, 0) is 13.5 Å². The van der Waals surface area contributed by atoms with Crippen molar-refractivity contribution in [2.24, 2.45) is 7.05 Å². The first-order valence-corrected chi connectivity index (χ1v) is 6.61. The highest BCUT2D eigenvalue weighted by atomic mass is 15.1. The van der Waals surface area contributed by atoms with Crippen LogP contribution in [0.1, 0.15) is 44.0 Å². The molecule has 0 spiro atoms. The Morgan fingerprint density at radius 2 is 2.11 bits per heavy atom. The lowest BCUT2D eigenvalue weighted by Gasteiger charge is -2.02. The summed E-state index contributed by atoms with van der Waals surface area (Å²) in [6, 6.07) is 7.85. The van der Waals surface area contributed by atoms with Crippen LogP contribution in [0, 0.1) is 11.3 Å². The predicted molar refractivity (Wildman–Crippen MR) is 73.3 cm³/mol. The fraction of sp³-hybridized carbons (Fsp3) is 0.467. The van der Waals surface area contributed by atoms with Gasteiger partial charge in [0, 0.05) is 13.5 Å². The molecule has 0 bridgehead atoms. The van der Waals surface area contributed by atoms with Gasteiger partial charge < -0.3 is 4.57 Å². The summed E-state index contributed by atoms with van der Waals surface area (Å²) in [4.78, 5) is 4.64. The van der Waals surface area contributed by atoms with E-state index in [0.717, 1.165) is 23.3 Å². The Hall–Kier alpha value is -1.82. The standard InChI is InChI=1S/C15H19N3/c1-3-4-5-6-7-15-17-13-9-8-12(11-16)10-14(13)18(15)2/h8-10H,3-7H2,1-2H3. The van der Waals surface area contributed by atoms with Crippen LogP contribution in [0.15, 0.2) is 18.2 Å². The minimum Gasteiger partial charge on any atom is -0.331 e. The van der Waals surface area contributed by atoms with Gasteiger partial charge >= 0.3 is 0 Å². The number of aryl methyl sites for hydroxylation is 2. The number of imidazole rings is 1. The highest BCUT2D eigenvalue weighted by molar-refractivity contribution is 5.77. The molecule has 1 aromatic heterocycles. The number of rotatable bonds is 5. The van der Waals surface area contributed by atoms with E-state index in [0.29, 0.717) is 5.56 Å². The molecule has 18 heavy (non-hydrogen) atoms. The minimum absolute atomic E-state index is 0.697. The van der Waals surface area contributed by atoms with E-state index in [2.05, 4.69) is 22.5 Å². The van der Waals surface area contributed by atoms with Crippen molar-refractivity contribution in [3.63, 3.8) is 0 Å². The third-order valence-electron chi connectivity index (χ3n) is 3.36. The first-order chi connectivity index (χ1) is 8.76. The van der Waals surface area contributed by atoms with E-state index >= 15 is 0 Å². The van der Waals surface area contributed by atoms with Gasteiger partial charge in [-0.25, -0.2) is 4.98 Å². The summed E-state index contributed by atoms with van der Waals surface area (Å²) in [5, 5.41) is 8.92. The minimum atomic E-state index is 0.697. The number of nitrogens with zero attached hydrogens (tertiary/aromatic N) is 3. The molecule has 0 unspecified atom stereocenters. The molecule has 2 aromatic rings. The maximum atomic E-state index is 8.92. The zero-order valence-electron chi connectivity index (χ0n) is 11.1. The van der Waals surface area contributed by atoms with Crippen LogP contribution < -0.4 is 0 Å². The molecular weight excluding hydrogens is 222 g/mol. The number of nitriles is 1. The lowest BCUT2D eigenvalue weighted by molar-refractivity contribution is 0.642. The van der Waals surface area contributed by atoms with Crippen LogP contribution in [0.5, 0.6) is 0 Å². The van der Waals surface area contributed by atoms with Gasteiger partial charge in [-0.3, -0.25) is 0 Å². The number of aromatic nitrogens is 2. The molecule has 94 valence electrons. The van der Waals surface area contributed by atoms with E-state index in [1.165, 1.54) is 25.7 Å². The van der Waals surface area contributed by atoms with Gasteiger partial charge in [0.05, 0.1) is 22.7 Å². The number of hydrogen-bond donors (Lipinski definition) is 0. The van der Waals surface area contributed by atoms with E-state index < -0.39 is 0 Å². The molecule has 1 heterocycles. The third kappa shape index (κ3) is 2.53. The predicted octanol–water partition coefficient (Wildman–Crippen LogP) is 3.57. The van der Waals surface area contributed by atoms with E-state index in [4.69, 9.17) is 5.26 Å². The second-order valence-corrected chi connectivity index (χ2v) is 4.71. The van der Waals surface area contributed by atoms with Crippen molar-refractivity contribution >= 4 is 11.0 Å². The zero-order valence-corrected chi connectivity index (χ0v) is 11.1. The largest absolute Gasteiger partial charge is 0.331 e. The van der Waals surface area contributed by atoms with Gasteiger partial charge in [0.1, 0.15) is 5.82 Å². The maximum absolute atomic E-state index is 8.92. The summed E-state index contributed by atoms with van der Waals surface area (Å²) in [5.74, 6) is 1.12. The quantitative estimate of drug-likeness (QED) is 0.751. The number of hydrogen-bond acceptors (Lipinski definition) is 2. The second-order valence-electron chi connectivity index (χ2n) is 4.71. The van der Waals surface area contributed by atoms with Gasteiger partial charge in [0.2, 0.25) is 0 Å². The molecule has 0 N–H and O–H groups in total. The summed E-state index contributed by atoms with van der Waals surface area (Å²) in [6.45, 7) is 2.22. The van der Waals surface area contributed by atoms with Crippen LogP contribution in [0.4, 0.5) is 0 Å². The molecule has 2 rings (SSSR count). The maximum Gasteiger partial charge on any atom is 0.109 e. The average Bonchev–Trinajstić information content (AvgIpc) is 2.71. The van der Waals surface area contributed by atoms with Crippen molar-refractivity contribution in [1.82, 2.24) is 9.55 Å². The molecule has 3 heteroatoms. The van der Waals surface area contributed by atoms with Gasteiger partial charge in [-0.05, 0) is 24.6 Å². The highest BCUT2D eigenvalue weighted by Crippen LogP contribution is 2.18. The molecule has 3 nitrogen and oxygen atoms in total. The Morgan fingerprint density at radius 1 is 1.28 bits per heavy atom.